The van der Waals surface area contributed by atoms with E-state index in [0.29, 0.717) is 41.0 Å². The number of allylic oxidation sites excluding steroid dienone is 5. The zero-order chi connectivity index (χ0) is 35.3. The molecule has 10 unspecified atom stereocenters. The summed E-state index contributed by atoms with van der Waals surface area (Å²) in [5, 5.41) is 0. The van der Waals surface area contributed by atoms with Crippen LogP contribution in [-0.4, -0.2) is 36.2 Å². The highest BCUT2D eigenvalue weighted by molar-refractivity contribution is 5.78. The number of ether oxygens (including phenoxy) is 1. The lowest BCUT2D eigenvalue weighted by atomic mass is 9.33. The van der Waals surface area contributed by atoms with Crippen LogP contribution in [0.1, 0.15) is 124 Å². The standard InChI is InChI=1S/C46H64FNO2/c1-31(2)34-17-24-46(48-27-28-48)26-25-43(6)36(39(34)46)13-14-38-42(5)20-18-35(41(3,4)37(42)19-21-44(38,43)7)33-15-22-45(30-47,23-16-33)40(49)50-29-32-11-9-8-10-12-32/h8-12,15,18,34,36-39H,1,13-14,16-17,19-30H2,2-7H3. The highest BCUT2D eigenvalue weighted by Crippen LogP contribution is 2.77. The van der Waals surface area contributed by atoms with E-state index in [0.717, 1.165) is 36.2 Å². The van der Waals surface area contributed by atoms with Gasteiger partial charge < -0.3 is 4.74 Å². The molecule has 0 N–H and O–H groups in total. The lowest BCUT2D eigenvalue weighted by molar-refractivity contribution is -0.224. The Morgan fingerprint density at radius 3 is 2.30 bits per heavy atom. The Labute approximate surface area is 302 Å². The van der Waals surface area contributed by atoms with E-state index in [4.69, 9.17) is 4.74 Å². The summed E-state index contributed by atoms with van der Waals surface area (Å²) in [6, 6.07) is 9.72. The topological polar surface area (TPSA) is 29.3 Å². The molecule has 10 atom stereocenters. The smallest absolute Gasteiger partial charge is 0.315 e. The number of fused-ring (bicyclic) bond motifs is 7. The third-order valence-corrected chi connectivity index (χ3v) is 17.5. The highest BCUT2D eigenvalue weighted by Gasteiger charge is 2.71. The minimum Gasteiger partial charge on any atom is -0.460 e. The van der Waals surface area contributed by atoms with Crippen LogP contribution in [0.2, 0.25) is 0 Å². The summed E-state index contributed by atoms with van der Waals surface area (Å²) in [5.41, 5.74) is 5.62. The molecule has 0 spiro atoms. The van der Waals surface area contributed by atoms with Crippen LogP contribution < -0.4 is 0 Å². The Morgan fingerprint density at radius 1 is 0.880 bits per heavy atom. The molecular weight excluding hydrogens is 618 g/mol. The first-order valence-electron chi connectivity index (χ1n) is 20.3. The molecule has 272 valence electrons. The van der Waals surface area contributed by atoms with Gasteiger partial charge in [-0.05, 0) is 152 Å². The van der Waals surface area contributed by atoms with Crippen LogP contribution in [0.25, 0.3) is 0 Å². The Balaban J connectivity index is 1.04. The summed E-state index contributed by atoms with van der Waals surface area (Å²) in [7, 11) is 0. The summed E-state index contributed by atoms with van der Waals surface area (Å²) in [6.07, 6.45) is 18.5. The molecule has 4 heteroatoms. The summed E-state index contributed by atoms with van der Waals surface area (Å²) < 4.78 is 20.4. The van der Waals surface area contributed by atoms with Crippen LogP contribution in [0, 0.1) is 56.7 Å². The SMILES string of the molecule is C=C(C)C1CCC2(N3CC3)CCC3(C)C(CCC4C5(C)CC=C(C6=CCC(CF)(C(=O)OCc7ccccc7)CC6)C(C)(C)C5CCC43C)C12. The minimum atomic E-state index is -1.07. The molecule has 5 fully saturated rings. The zero-order valence-electron chi connectivity index (χ0n) is 32.1. The van der Waals surface area contributed by atoms with Crippen molar-refractivity contribution < 1.29 is 13.9 Å². The molecular formula is C46H64FNO2. The third kappa shape index (κ3) is 4.84. The Hall–Kier alpha value is -2.20. The van der Waals surface area contributed by atoms with E-state index in [1.165, 1.54) is 81.2 Å². The van der Waals surface area contributed by atoms with Crippen molar-refractivity contribution in [3.8, 4) is 0 Å². The highest BCUT2D eigenvalue weighted by atomic mass is 19.1. The Kier molecular flexibility index (Phi) is 8.30. The number of halogens is 1. The van der Waals surface area contributed by atoms with Gasteiger partial charge in [0.1, 0.15) is 13.3 Å². The zero-order valence-corrected chi connectivity index (χ0v) is 32.1. The molecule has 6 aliphatic carbocycles. The first kappa shape index (κ1) is 34.9. The third-order valence-electron chi connectivity index (χ3n) is 17.5. The summed E-state index contributed by atoms with van der Waals surface area (Å²) in [5.74, 6) is 3.23. The largest absolute Gasteiger partial charge is 0.460 e. The molecule has 50 heavy (non-hydrogen) atoms. The van der Waals surface area contributed by atoms with Crippen LogP contribution in [0.3, 0.4) is 0 Å². The molecule has 0 radical (unpaired) electrons. The summed E-state index contributed by atoms with van der Waals surface area (Å²) >= 11 is 0. The van der Waals surface area contributed by atoms with Crippen molar-refractivity contribution in [1.29, 1.82) is 0 Å². The van der Waals surface area contributed by atoms with Crippen molar-refractivity contribution in [3.05, 3.63) is 71.3 Å². The molecule has 1 aromatic rings. The number of nitrogens with zero attached hydrogens (tertiary/aromatic N) is 1. The van der Waals surface area contributed by atoms with Crippen molar-refractivity contribution in [1.82, 2.24) is 4.90 Å². The molecule has 8 rings (SSSR count). The van der Waals surface area contributed by atoms with E-state index in [-0.39, 0.29) is 23.4 Å². The molecule has 1 aromatic carbocycles. The molecule has 7 aliphatic rings. The summed E-state index contributed by atoms with van der Waals surface area (Å²) in [6.45, 7) is 22.3. The molecule has 0 bridgehead atoms. The summed E-state index contributed by atoms with van der Waals surface area (Å²) in [4.78, 5) is 16.2. The van der Waals surface area contributed by atoms with Gasteiger partial charge in [0.15, 0.2) is 0 Å². The maximum atomic E-state index is 14.7. The number of hydrogen-bond acceptors (Lipinski definition) is 3. The molecule has 1 aliphatic heterocycles. The molecule has 4 saturated carbocycles. The predicted octanol–water partition coefficient (Wildman–Crippen LogP) is 11.1. The lowest BCUT2D eigenvalue weighted by Gasteiger charge is -2.72. The number of benzene rings is 1. The van der Waals surface area contributed by atoms with Gasteiger partial charge >= 0.3 is 5.97 Å². The normalized spacial score (nSPS) is 44.8. The van der Waals surface area contributed by atoms with Gasteiger partial charge in [0, 0.05) is 18.6 Å². The van der Waals surface area contributed by atoms with Gasteiger partial charge in [0.05, 0.1) is 5.41 Å². The predicted molar refractivity (Wildman–Crippen MR) is 201 cm³/mol. The number of carbonyl (C=O) groups is 1. The number of hydrogen-bond donors (Lipinski definition) is 0. The second kappa shape index (κ2) is 11.9. The van der Waals surface area contributed by atoms with E-state index in [9.17, 15) is 9.18 Å². The second-order valence-corrected chi connectivity index (χ2v) is 19.7. The average Bonchev–Trinajstić information content (AvgIpc) is 3.88. The number of rotatable bonds is 7. The fourth-order valence-electron chi connectivity index (χ4n) is 14.7. The molecule has 1 saturated heterocycles. The van der Waals surface area contributed by atoms with Gasteiger partial charge in [-0.1, -0.05) is 89.3 Å². The van der Waals surface area contributed by atoms with E-state index >= 15 is 0 Å². The maximum absolute atomic E-state index is 14.7. The lowest BCUT2D eigenvalue weighted by Crippen LogP contribution is -2.67. The van der Waals surface area contributed by atoms with E-state index in [2.05, 4.69) is 65.2 Å². The van der Waals surface area contributed by atoms with E-state index in [1.54, 1.807) is 0 Å². The molecule has 0 aromatic heterocycles. The Morgan fingerprint density at radius 2 is 1.64 bits per heavy atom. The first-order valence-corrected chi connectivity index (χ1v) is 20.3. The van der Waals surface area contributed by atoms with E-state index < -0.39 is 12.1 Å². The molecule has 3 nitrogen and oxygen atoms in total. The van der Waals surface area contributed by atoms with Crippen molar-refractivity contribution in [2.75, 3.05) is 19.8 Å². The maximum Gasteiger partial charge on any atom is 0.315 e. The fourth-order valence-corrected chi connectivity index (χ4v) is 14.7. The van der Waals surface area contributed by atoms with Gasteiger partial charge in [-0.3, -0.25) is 9.69 Å². The van der Waals surface area contributed by atoms with Crippen molar-refractivity contribution in [3.63, 3.8) is 0 Å². The van der Waals surface area contributed by atoms with Crippen molar-refractivity contribution >= 4 is 5.97 Å². The fraction of sp³-hybridized carbons (Fsp3) is 0.717. The second-order valence-electron chi connectivity index (χ2n) is 19.7. The Bertz CT molecular complexity index is 1590. The van der Waals surface area contributed by atoms with Gasteiger partial charge in [0.25, 0.3) is 0 Å². The van der Waals surface area contributed by atoms with Crippen LogP contribution in [0.5, 0.6) is 0 Å². The van der Waals surface area contributed by atoms with Crippen molar-refractivity contribution in [2.45, 2.75) is 131 Å². The van der Waals surface area contributed by atoms with Crippen LogP contribution >= 0.6 is 0 Å². The van der Waals surface area contributed by atoms with Crippen LogP contribution in [0.4, 0.5) is 4.39 Å². The van der Waals surface area contributed by atoms with Gasteiger partial charge in [-0.25, -0.2) is 4.39 Å². The van der Waals surface area contributed by atoms with Crippen LogP contribution in [-0.2, 0) is 16.1 Å². The average molecular weight is 682 g/mol. The molecule has 0 amide bonds. The minimum absolute atomic E-state index is 0.0406. The first-order chi connectivity index (χ1) is 23.8. The number of alkyl halides is 1. The van der Waals surface area contributed by atoms with Gasteiger partial charge in [-0.15, -0.1) is 0 Å². The monoisotopic (exact) mass is 681 g/mol. The van der Waals surface area contributed by atoms with Crippen LogP contribution in [0.15, 0.2) is 65.8 Å². The molecule has 1 heterocycles. The quantitative estimate of drug-likeness (QED) is 0.163. The van der Waals surface area contributed by atoms with Gasteiger partial charge in [0.2, 0.25) is 0 Å². The van der Waals surface area contributed by atoms with Gasteiger partial charge in [-0.2, -0.15) is 0 Å². The van der Waals surface area contributed by atoms with E-state index in [1.807, 2.05) is 30.3 Å². The number of esters is 1. The number of carbonyl (C=O) groups excluding carboxylic acids is 1. The van der Waals surface area contributed by atoms with Crippen molar-refractivity contribution in [2.24, 2.45) is 56.7 Å².